The SMILES string of the molecule is CCC1CN(C)CCCN1C1(CN)CCN(C(C)C)C1. The van der Waals surface area contributed by atoms with Crippen LogP contribution in [0.1, 0.15) is 40.0 Å². The second-order valence-electron chi connectivity index (χ2n) is 7.11. The molecule has 4 nitrogen and oxygen atoms in total. The molecule has 0 bridgehead atoms. The first-order valence-corrected chi connectivity index (χ1v) is 8.42. The summed E-state index contributed by atoms with van der Waals surface area (Å²) in [5.41, 5.74) is 6.50. The maximum absolute atomic E-state index is 6.28. The fraction of sp³-hybridized carbons (Fsp3) is 1.00. The van der Waals surface area contributed by atoms with E-state index in [9.17, 15) is 0 Å². The molecule has 2 rings (SSSR count). The lowest BCUT2D eigenvalue weighted by atomic mass is 9.93. The van der Waals surface area contributed by atoms with Gasteiger partial charge in [-0.05, 0) is 46.7 Å². The molecule has 2 atom stereocenters. The van der Waals surface area contributed by atoms with Crippen LogP contribution in [-0.4, -0.2) is 78.6 Å². The van der Waals surface area contributed by atoms with E-state index in [1.165, 1.54) is 45.4 Å². The second kappa shape index (κ2) is 6.73. The summed E-state index contributed by atoms with van der Waals surface area (Å²) < 4.78 is 0. The zero-order chi connectivity index (χ0) is 14.8. The van der Waals surface area contributed by atoms with Crippen molar-refractivity contribution in [2.24, 2.45) is 5.73 Å². The van der Waals surface area contributed by atoms with Crippen molar-refractivity contribution in [2.75, 3.05) is 46.3 Å². The molecule has 2 saturated heterocycles. The summed E-state index contributed by atoms with van der Waals surface area (Å²) in [7, 11) is 2.26. The average Bonchev–Trinajstić information content (AvgIpc) is 2.78. The van der Waals surface area contributed by atoms with E-state index in [2.05, 4.69) is 42.5 Å². The van der Waals surface area contributed by atoms with Crippen LogP contribution >= 0.6 is 0 Å². The lowest BCUT2D eigenvalue weighted by Gasteiger charge is -2.45. The molecule has 0 radical (unpaired) electrons. The molecule has 0 amide bonds. The number of nitrogens with two attached hydrogens (primary N) is 1. The van der Waals surface area contributed by atoms with Gasteiger partial charge in [0.2, 0.25) is 0 Å². The zero-order valence-corrected chi connectivity index (χ0v) is 13.9. The Morgan fingerprint density at radius 2 is 2.00 bits per heavy atom. The average molecular weight is 282 g/mol. The molecule has 2 fully saturated rings. The van der Waals surface area contributed by atoms with Gasteiger partial charge < -0.3 is 10.6 Å². The van der Waals surface area contributed by atoms with Crippen LogP contribution in [0, 0.1) is 0 Å². The Morgan fingerprint density at radius 1 is 1.25 bits per heavy atom. The van der Waals surface area contributed by atoms with E-state index in [1.54, 1.807) is 0 Å². The summed E-state index contributed by atoms with van der Waals surface area (Å²) in [4.78, 5) is 7.88. The highest BCUT2D eigenvalue weighted by Crippen LogP contribution is 2.32. The Kier molecular flexibility index (Phi) is 5.46. The highest BCUT2D eigenvalue weighted by molar-refractivity contribution is 5.03. The molecule has 0 spiro atoms. The van der Waals surface area contributed by atoms with Gasteiger partial charge >= 0.3 is 0 Å². The fourth-order valence-corrected chi connectivity index (χ4v) is 4.06. The number of nitrogens with zero attached hydrogens (tertiary/aromatic N) is 3. The third kappa shape index (κ3) is 3.19. The minimum absolute atomic E-state index is 0.218. The maximum atomic E-state index is 6.28. The third-order valence-electron chi connectivity index (χ3n) is 5.45. The van der Waals surface area contributed by atoms with Crippen molar-refractivity contribution in [3.05, 3.63) is 0 Å². The minimum atomic E-state index is 0.218. The van der Waals surface area contributed by atoms with Crippen LogP contribution in [0.4, 0.5) is 0 Å². The minimum Gasteiger partial charge on any atom is -0.329 e. The van der Waals surface area contributed by atoms with Gasteiger partial charge in [0.05, 0.1) is 0 Å². The molecule has 20 heavy (non-hydrogen) atoms. The van der Waals surface area contributed by atoms with E-state index < -0.39 is 0 Å². The Bertz CT molecular complexity index is 307. The molecule has 2 unspecified atom stereocenters. The van der Waals surface area contributed by atoms with Crippen LogP contribution in [-0.2, 0) is 0 Å². The summed E-state index contributed by atoms with van der Waals surface area (Å²) >= 11 is 0. The molecular formula is C16H34N4. The molecular weight excluding hydrogens is 248 g/mol. The molecule has 4 heteroatoms. The molecule has 118 valence electrons. The van der Waals surface area contributed by atoms with Crippen LogP contribution in [0.15, 0.2) is 0 Å². The first kappa shape index (κ1) is 16.2. The van der Waals surface area contributed by atoms with Crippen molar-refractivity contribution >= 4 is 0 Å². The summed E-state index contributed by atoms with van der Waals surface area (Å²) in [5, 5.41) is 0. The second-order valence-corrected chi connectivity index (χ2v) is 7.11. The predicted molar refractivity (Wildman–Crippen MR) is 86.0 cm³/mol. The largest absolute Gasteiger partial charge is 0.329 e. The maximum Gasteiger partial charge on any atom is 0.0474 e. The summed E-state index contributed by atoms with van der Waals surface area (Å²) in [6.45, 7) is 13.7. The van der Waals surface area contributed by atoms with Gasteiger partial charge in [0.15, 0.2) is 0 Å². The van der Waals surface area contributed by atoms with Gasteiger partial charge in [0.1, 0.15) is 0 Å². The topological polar surface area (TPSA) is 35.7 Å². The molecule has 2 heterocycles. The monoisotopic (exact) mass is 282 g/mol. The molecule has 0 aliphatic carbocycles. The number of rotatable bonds is 4. The fourth-order valence-electron chi connectivity index (χ4n) is 4.06. The van der Waals surface area contributed by atoms with Gasteiger partial charge in [0.25, 0.3) is 0 Å². The Labute approximate surface area is 125 Å². The summed E-state index contributed by atoms with van der Waals surface area (Å²) in [6, 6.07) is 1.30. The first-order valence-electron chi connectivity index (χ1n) is 8.42. The first-order chi connectivity index (χ1) is 9.52. The van der Waals surface area contributed by atoms with Gasteiger partial charge in [0, 0.05) is 50.3 Å². The van der Waals surface area contributed by atoms with E-state index in [4.69, 9.17) is 5.73 Å². The van der Waals surface area contributed by atoms with Crippen molar-refractivity contribution in [3.63, 3.8) is 0 Å². The van der Waals surface area contributed by atoms with Gasteiger partial charge in [-0.25, -0.2) is 0 Å². The van der Waals surface area contributed by atoms with Crippen LogP contribution in [0.5, 0.6) is 0 Å². The summed E-state index contributed by atoms with van der Waals surface area (Å²) in [6.07, 6.45) is 3.74. The van der Waals surface area contributed by atoms with Crippen molar-refractivity contribution in [1.82, 2.24) is 14.7 Å². The highest BCUT2D eigenvalue weighted by atomic mass is 15.3. The smallest absolute Gasteiger partial charge is 0.0474 e. The van der Waals surface area contributed by atoms with Crippen LogP contribution in [0.25, 0.3) is 0 Å². The van der Waals surface area contributed by atoms with E-state index in [0.717, 1.165) is 13.1 Å². The number of hydrogen-bond donors (Lipinski definition) is 1. The standard InChI is InChI=1S/C16H34N4/c1-5-15-11-18(4)8-6-9-20(15)16(12-17)7-10-19(13-16)14(2)3/h14-15H,5-13,17H2,1-4H3. The normalized spacial score (nSPS) is 34.8. The van der Waals surface area contributed by atoms with Crippen LogP contribution in [0.2, 0.25) is 0 Å². The van der Waals surface area contributed by atoms with Gasteiger partial charge in [-0.15, -0.1) is 0 Å². The van der Waals surface area contributed by atoms with E-state index in [0.29, 0.717) is 12.1 Å². The third-order valence-corrected chi connectivity index (χ3v) is 5.45. The van der Waals surface area contributed by atoms with Gasteiger partial charge in [-0.2, -0.15) is 0 Å². The molecule has 0 aromatic rings. The number of hydrogen-bond acceptors (Lipinski definition) is 4. The van der Waals surface area contributed by atoms with Gasteiger partial charge in [-0.3, -0.25) is 9.80 Å². The number of likely N-dealkylation sites (tertiary alicyclic amines) is 1. The molecule has 2 aliphatic rings. The van der Waals surface area contributed by atoms with Crippen molar-refractivity contribution in [1.29, 1.82) is 0 Å². The Balaban J connectivity index is 2.16. The Hall–Kier alpha value is -0.160. The van der Waals surface area contributed by atoms with Crippen molar-refractivity contribution < 1.29 is 0 Å². The lowest BCUT2D eigenvalue weighted by molar-refractivity contribution is 0.0495. The predicted octanol–water partition coefficient (Wildman–Crippen LogP) is 1.21. The summed E-state index contributed by atoms with van der Waals surface area (Å²) in [5.74, 6) is 0. The van der Waals surface area contributed by atoms with E-state index >= 15 is 0 Å². The Morgan fingerprint density at radius 3 is 2.55 bits per heavy atom. The van der Waals surface area contributed by atoms with E-state index in [-0.39, 0.29) is 5.54 Å². The van der Waals surface area contributed by atoms with E-state index in [1.807, 2.05) is 0 Å². The highest BCUT2D eigenvalue weighted by Gasteiger charge is 2.45. The van der Waals surface area contributed by atoms with Crippen LogP contribution in [0.3, 0.4) is 0 Å². The molecule has 2 N–H and O–H groups in total. The molecule has 0 aromatic carbocycles. The van der Waals surface area contributed by atoms with Crippen molar-refractivity contribution in [2.45, 2.75) is 57.7 Å². The van der Waals surface area contributed by atoms with Gasteiger partial charge in [-0.1, -0.05) is 6.92 Å². The molecule has 2 aliphatic heterocycles. The van der Waals surface area contributed by atoms with Crippen molar-refractivity contribution in [3.8, 4) is 0 Å². The quantitative estimate of drug-likeness (QED) is 0.841. The molecule has 0 aromatic heterocycles. The molecule has 0 saturated carbocycles. The number of likely N-dealkylation sites (N-methyl/N-ethyl adjacent to an activating group) is 1. The lowest BCUT2D eigenvalue weighted by Crippen LogP contribution is -2.60. The zero-order valence-electron chi connectivity index (χ0n) is 13.9. The van der Waals surface area contributed by atoms with Crippen LogP contribution < -0.4 is 5.73 Å².